The molecule has 1 aliphatic heterocycles. The van der Waals surface area contributed by atoms with Gasteiger partial charge in [-0.05, 0) is 57.1 Å². The Morgan fingerprint density at radius 3 is 2.58 bits per heavy atom. The number of fused-ring (bicyclic) bond motifs is 1. The molecule has 1 aromatic heterocycles. The van der Waals surface area contributed by atoms with Gasteiger partial charge in [-0.2, -0.15) is 0 Å². The molecule has 0 fully saturated rings. The molecule has 0 saturated carbocycles. The largest absolute Gasteiger partial charge is 0.311 e. The number of sulfonamides is 1. The Balaban J connectivity index is 1.73. The van der Waals surface area contributed by atoms with Crippen molar-refractivity contribution in [3.63, 3.8) is 0 Å². The zero-order valence-corrected chi connectivity index (χ0v) is 16.4. The van der Waals surface area contributed by atoms with Gasteiger partial charge >= 0.3 is 0 Å². The molecule has 0 unspecified atom stereocenters. The van der Waals surface area contributed by atoms with Crippen LogP contribution < -0.4 is 9.62 Å². The van der Waals surface area contributed by atoms with Crippen LogP contribution >= 0.6 is 11.8 Å². The Hall–Kier alpha value is -1.97. The Labute approximate surface area is 157 Å². The summed E-state index contributed by atoms with van der Waals surface area (Å²) in [6.07, 6.45) is 0.638. The molecular weight excluding hydrogens is 372 g/mol. The number of aromatic nitrogens is 2. The molecule has 9 heteroatoms. The van der Waals surface area contributed by atoms with E-state index >= 15 is 0 Å². The number of benzene rings is 1. The van der Waals surface area contributed by atoms with Crippen LogP contribution in [0.25, 0.3) is 0 Å². The number of carbonyl (C=O) groups excluding carboxylic acids is 1. The monoisotopic (exact) mass is 392 g/mol. The van der Waals surface area contributed by atoms with Gasteiger partial charge in [0, 0.05) is 23.6 Å². The molecule has 1 aliphatic rings. The predicted molar refractivity (Wildman–Crippen MR) is 101 cm³/mol. The van der Waals surface area contributed by atoms with Crippen molar-refractivity contribution in [2.75, 3.05) is 24.2 Å². The van der Waals surface area contributed by atoms with E-state index in [4.69, 9.17) is 0 Å². The number of nitrogens with zero attached hydrogens (tertiary/aromatic N) is 3. The van der Waals surface area contributed by atoms with Crippen LogP contribution in [0.15, 0.2) is 34.3 Å². The molecule has 3 rings (SSSR count). The first kappa shape index (κ1) is 18.8. The van der Waals surface area contributed by atoms with Crippen molar-refractivity contribution in [2.24, 2.45) is 0 Å². The first-order valence-corrected chi connectivity index (χ1v) is 10.6. The van der Waals surface area contributed by atoms with E-state index < -0.39 is 10.0 Å². The summed E-state index contributed by atoms with van der Waals surface area (Å²) >= 11 is 1.31. The third-order valence-electron chi connectivity index (χ3n) is 4.11. The molecule has 0 radical (unpaired) electrons. The van der Waals surface area contributed by atoms with Gasteiger partial charge in [-0.1, -0.05) is 11.8 Å². The molecule has 7 nitrogen and oxygen atoms in total. The number of anilines is 1. The van der Waals surface area contributed by atoms with Crippen LogP contribution in [0.2, 0.25) is 0 Å². The summed E-state index contributed by atoms with van der Waals surface area (Å²) in [5, 5.41) is 0.589. The summed E-state index contributed by atoms with van der Waals surface area (Å²) in [6, 6.07) is 6.74. The molecule has 0 bridgehead atoms. The number of carbonyl (C=O) groups is 1. The number of rotatable bonds is 5. The highest BCUT2D eigenvalue weighted by Gasteiger charge is 2.26. The minimum atomic E-state index is -3.49. The molecule has 138 valence electrons. The van der Waals surface area contributed by atoms with Gasteiger partial charge in [-0.15, -0.1) is 0 Å². The molecule has 1 amide bonds. The third kappa shape index (κ3) is 3.89. The Morgan fingerprint density at radius 1 is 1.23 bits per heavy atom. The molecule has 2 heterocycles. The van der Waals surface area contributed by atoms with E-state index in [-0.39, 0.29) is 16.6 Å². The van der Waals surface area contributed by atoms with Crippen LogP contribution in [0.1, 0.15) is 17.0 Å². The second-order valence-electron chi connectivity index (χ2n) is 6.02. The van der Waals surface area contributed by atoms with Gasteiger partial charge in [-0.3, -0.25) is 4.79 Å². The summed E-state index contributed by atoms with van der Waals surface area (Å²) in [5.74, 6) is 0.194. The highest BCUT2D eigenvalue weighted by Crippen LogP contribution is 2.31. The fourth-order valence-electron chi connectivity index (χ4n) is 2.88. The van der Waals surface area contributed by atoms with E-state index in [0.717, 1.165) is 22.6 Å². The number of hydrogen-bond donors (Lipinski definition) is 1. The highest BCUT2D eigenvalue weighted by molar-refractivity contribution is 7.99. The maximum absolute atomic E-state index is 12.6. The van der Waals surface area contributed by atoms with Crippen LogP contribution in [0.3, 0.4) is 0 Å². The third-order valence-corrected chi connectivity index (χ3v) is 6.36. The van der Waals surface area contributed by atoms with Crippen molar-refractivity contribution in [1.82, 2.24) is 14.7 Å². The summed E-state index contributed by atoms with van der Waals surface area (Å²) in [5.41, 5.74) is 3.38. The molecule has 0 saturated heterocycles. The van der Waals surface area contributed by atoms with Gasteiger partial charge in [0.05, 0.1) is 10.6 Å². The molecule has 26 heavy (non-hydrogen) atoms. The van der Waals surface area contributed by atoms with Crippen LogP contribution in [-0.4, -0.2) is 43.6 Å². The zero-order valence-electron chi connectivity index (χ0n) is 14.8. The van der Waals surface area contributed by atoms with Crippen molar-refractivity contribution < 1.29 is 13.2 Å². The van der Waals surface area contributed by atoms with Crippen LogP contribution in [0.5, 0.6) is 0 Å². The highest BCUT2D eigenvalue weighted by atomic mass is 32.2. The lowest BCUT2D eigenvalue weighted by atomic mass is 10.2. The van der Waals surface area contributed by atoms with Crippen molar-refractivity contribution in [1.29, 1.82) is 0 Å². The minimum Gasteiger partial charge on any atom is -0.311 e. The molecule has 0 aliphatic carbocycles. The summed E-state index contributed by atoms with van der Waals surface area (Å²) in [7, 11) is -2.11. The van der Waals surface area contributed by atoms with E-state index in [2.05, 4.69) is 14.7 Å². The summed E-state index contributed by atoms with van der Waals surface area (Å²) in [4.78, 5) is 23.2. The average Bonchev–Trinajstić information content (AvgIpc) is 3.02. The Kier molecular flexibility index (Phi) is 5.31. The molecule has 0 spiro atoms. The number of aryl methyl sites for hydroxylation is 2. The average molecular weight is 393 g/mol. The van der Waals surface area contributed by atoms with E-state index in [1.165, 1.54) is 24.9 Å². The van der Waals surface area contributed by atoms with Crippen molar-refractivity contribution in [3.05, 3.63) is 41.2 Å². The molecule has 1 aromatic carbocycles. The van der Waals surface area contributed by atoms with Crippen molar-refractivity contribution >= 4 is 33.4 Å². The van der Waals surface area contributed by atoms with E-state index in [9.17, 15) is 13.2 Å². The Morgan fingerprint density at radius 2 is 1.92 bits per heavy atom. The maximum atomic E-state index is 12.6. The molecular formula is C17H20N4O3S2. The number of hydrogen-bond acceptors (Lipinski definition) is 6. The van der Waals surface area contributed by atoms with Gasteiger partial charge in [0.15, 0.2) is 5.16 Å². The molecule has 0 atom stereocenters. The quantitative estimate of drug-likeness (QED) is 0.615. The second kappa shape index (κ2) is 7.34. The van der Waals surface area contributed by atoms with Gasteiger partial charge in [0.25, 0.3) is 0 Å². The van der Waals surface area contributed by atoms with Gasteiger partial charge in [0.1, 0.15) is 0 Å². The van der Waals surface area contributed by atoms with Crippen LogP contribution in [-0.2, 0) is 21.2 Å². The van der Waals surface area contributed by atoms with Crippen LogP contribution in [0.4, 0.5) is 5.69 Å². The smallest absolute Gasteiger partial charge is 0.240 e. The van der Waals surface area contributed by atoms with E-state index in [1.54, 1.807) is 17.0 Å². The maximum Gasteiger partial charge on any atom is 0.240 e. The SMILES string of the molecule is CNS(=O)(=O)c1ccc2c(c1)CCN2C(=O)CSc1nc(C)cc(C)n1. The van der Waals surface area contributed by atoms with Gasteiger partial charge in [0.2, 0.25) is 15.9 Å². The number of amides is 1. The first-order valence-electron chi connectivity index (χ1n) is 8.12. The standard InChI is InChI=1S/C17H20N4O3S2/c1-11-8-12(2)20-17(19-11)25-10-16(22)21-7-6-13-9-14(4-5-15(13)21)26(23,24)18-3/h4-5,8-9,18H,6-7,10H2,1-3H3. The summed E-state index contributed by atoms with van der Waals surface area (Å²) < 4.78 is 26.1. The zero-order chi connectivity index (χ0) is 18.9. The lowest BCUT2D eigenvalue weighted by molar-refractivity contribution is -0.116. The number of nitrogens with one attached hydrogen (secondary N) is 1. The van der Waals surface area contributed by atoms with Gasteiger partial charge < -0.3 is 4.90 Å². The lowest BCUT2D eigenvalue weighted by Gasteiger charge is -2.17. The minimum absolute atomic E-state index is 0.0410. The molecule has 2 aromatic rings. The lowest BCUT2D eigenvalue weighted by Crippen LogP contribution is -2.30. The summed E-state index contributed by atoms with van der Waals surface area (Å²) in [6.45, 7) is 4.34. The fourth-order valence-corrected chi connectivity index (χ4v) is 4.49. The normalized spacial score (nSPS) is 13.7. The van der Waals surface area contributed by atoms with Gasteiger partial charge in [-0.25, -0.2) is 23.1 Å². The van der Waals surface area contributed by atoms with Crippen LogP contribution in [0, 0.1) is 13.8 Å². The fraction of sp³-hybridized carbons (Fsp3) is 0.353. The van der Waals surface area contributed by atoms with Crippen molar-refractivity contribution in [2.45, 2.75) is 30.3 Å². The van der Waals surface area contributed by atoms with Crippen molar-refractivity contribution in [3.8, 4) is 0 Å². The predicted octanol–water partition coefficient (Wildman–Crippen LogP) is 1.68. The van der Waals surface area contributed by atoms with E-state index in [1.807, 2.05) is 19.9 Å². The first-order chi connectivity index (χ1) is 12.3. The Bertz CT molecular complexity index is 940. The second-order valence-corrected chi connectivity index (χ2v) is 8.84. The molecule has 1 N–H and O–H groups in total. The van der Waals surface area contributed by atoms with E-state index in [0.29, 0.717) is 18.1 Å². The number of thioether (sulfide) groups is 1. The topological polar surface area (TPSA) is 92.3 Å².